The van der Waals surface area contributed by atoms with E-state index in [0.29, 0.717) is 41.4 Å². The highest BCUT2D eigenvalue weighted by Gasteiger charge is 2.23. The highest BCUT2D eigenvalue weighted by molar-refractivity contribution is 6.12. The van der Waals surface area contributed by atoms with Crippen LogP contribution in [0.4, 0.5) is 11.6 Å². The number of pyridine rings is 4. The van der Waals surface area contributed by atoms with E-state index in [2.05, 4.69) is 139 Å². The first-order valence-electron chi connectivity index (χ1n) is 27.6. The lowest BCUT2D eigenvalue weighted by molar-refractivity contribution is 0.558. The lowest BCUT2D eigenvalue weighted by atomic mass is 9.95. The molecule has 10 aromatic heterocycles. The van der Waals surface area contributed by atoms with Gasteiger partial charge in [0.05, 0.1) is 16.7 Å². The van der Waals surface area contributed by atoms with Gasteiger partial charge in [-0.05, 0) is 192 Å². The van der Waals surface area contributed by atoms with Crippen molar-refractivity contribution in [1.82, 2.24) is 24.5 Å². The zero-order valence-corrected chi connectivity index (χ0v) is 44.9. The summed E-state index contributed by atoms with van der Waals surface area (Å²) in [5, 5.41) is 4.11. The Morgan fingerprint density at radius 2 is 0.821 bits per heavy atom. The molecular formula is C73H46N6O5. The Balaban J connectivity index is 0.783. The first-order valence-corrected chi connectivity index (χ1v) is 27.6. The number of rotatable bonds is 10. The summed E-state index contributed by atoms with van der Waals surface area (Å²) in [6, 6.07) is 71.4. The number of benzene rings is 5. The maximum Gasteiger partial charge on any atom is 0.205 e. The second-order valence-electron chi connectivity index (χ2n) is 20.7. The van der Waals surface area contributed by atoms with Crippen molar-refractivity contribution in [3.8, 4) is 85.5 Å². The zero-order valence-electron chi connectivity index (χ0n) is 44.9. The minimum absolute atomic E-state index is 0.505. The molecule has 16 rings (SSSR count). The van der Waals surface area contributed by atoms with Gasteiger partial charge in [0.15, 0.2) is 23.0 Å². The molecule has 0 unspecified atom stereocenters. The standard InChI is InChI=1S/C73H46N6O5/c1-45-39-46(11-10-38-78(72-32-30-70(83-72)59-14-4-8-36-76-59)61-21-17-50(43-52(45)61)64-26-28-68(80-64)57-12-2-6-34-74-57)48-19-24-66-55(41-48)56-42-49(20-25-67(56)82-66)47-16-22-62-53(40-47)54-44-51(65-27-29-69(81-65)58-13-3-7-35-75-58)18-23-63(54)79(62)73-33-31-71(84-73)60-15-5-9-37-77-60/h2-37,39-44H,1,38H2/b11-10-,46-39+. The summed E-state index contributed by atoms with van der Waals surface area (Å²) >= 11 is 0. The lowest BCUT2D eigenvalue weighted by Crippen LogP contribution is -2.17. The highest BCUT2D eigenvalue weighted by Crippen LogP contribution is 2.44. The van der Waals surface area contributed by atoms with Gasteiger partial charge in [0.25, 0.3) is 0 Å². The van der Waals surface area contributed by atoms with Crippen molar-refractivity contribution in [1.29, 1.82) is 0 Å². The molecule has 84 heavy (non-hydrogen) atoms. The van der Waals surface area contributed by atoms with E-state index >= 15 is 0 Å². The summed E-state index contributed by atoms with van der Waals surface area (Å²) in [5.74, 6) is 5.59. The van der Waals surface area contributed by atoms with Crippen LogP contribution in [0.5, 0.6) is 0 Å². The quantitative estimate of drug-likeness (QED) is 0.131. The number of anilines is 2. The first-order chi connectivity index (χ1) is 41.5. The van der Waals surface area contributed by atoms with Gasteiger partial charge in [-0.15, -0.1) is 0 Å². The van der Waals surface area contributed by atoms with E-state index in [-0.39, 0.29) is 0 Å². The largest absolute Gasteiger partial charge is 0.456 e. The van der Waals surface area contributed by atoms with Gasteiger partial charge in [-0.2, -0.15) is 0 Å². The predicted octanol–water partition coefficient (Wildman–Crippen LogP) is 19.1. The topological polar surface area (TPSA) is 125 Å². The molecule has 0 N–H and O–H groups in total. The van der Waals surface area contributed by atoms with E-state index in [1.807, 2.05) is 121 Å². The summed E-state index contributed by atoms with van der Waals surface area (Å²) in [6.45, 7) is 5.25. The number of allylic oxidation sites excluding steroid dienone is 4. The van der Waals surface area contributed by atoms with Crippen LogP contribution in [-0.2, 0) is 0 Å². The molecule has 0 aliphatic carbocycles. The van der Waals surface area contributed by atoms with Gasteiger partial charge in [0, 0.05) is 81.7 Å². The second kappa shape index (κ2) is 19.9. The number of hydrogen-bond donors (Lipinski definition) is 0. The van der Waals surface area contributed by atoms with E-state index in [4.69, 9.17) is 28.7 Å². The molecule has 0 saturated heterocycles. The number of furan rings is 5. The van der Waals surface area contributed by atoms with Crippen LogP contribution in [0.1, 0.15) is 11.1 Å². The Labute approximate surface area is 480 Å². The fourth-order valence-electron chi connectivity index (χ4n) is 11.5. The molecule has 1 aliphatic heterocycles. The average molecular weight is 1090 g/mol. The van der Waals surface area contributed by atoms with Crippen molar-refractivity contribution in [2.24, 2.45) is 0 Å². The van der Waals surface area contributed by atoms with E-state index < -0.39 is 0 Å². The maximum atomic E-state index is 6.60. The summed E-state index contributed by atoms with van der Waals surface area (Å²) in [4.78, 5) is 20.3. The summed E-state index contributed by atoms with van der Waals surface area (Å²) in [7, 11) is 0. The molecule has 0 saturated carbocycles. The fourth-order valence-corrected chi connectivity index (χ4v) is 11.5. The van der Waals surface area contributed by atoms with Gasteiger partial charge in [0.1, 0.15) is 45.5 Å². The van der Waals surface area contributed by atoms with E-state index in [0.717, 1.165) is 128 Å². The van der Waals surface area contributed by atoms with Crippen LogP contribution in [-0.4, -0.2) is 31.0 Å². The van der Waals surface area contributed by atoms with E-state index in [1.165, 1.54) is 0 Å². The third kappa shape index (κ3) is 8.54. The molecule has 15 aromatic rings. The first kappa shape index (κ1) is 48.4. The summed E-state index contributed by atoms with van der Waals surface area (Å²) < 4.78 is 34.8. The molecule has 0 fully saturated rings. The molecule has 0 bridgehead atoms. The van der Waals surface area contributed by atoms with Crippen molar-refractivity contribution in [2.75, 3.05) is 11.4 Å². The fraction of sp³-hybridized carbons (Fsp3) is 0.0137. The summed E-state index contributed by atoms with van der Waals surface area (Å²) in [5.41, 5.74) is 15.3. The number of hydrogen-bond acceptors (Lipinski definition) is 10. The second-order valence-corrected chi connectivity index (χ2v) is 20.7. The molecular weight excluding hydrogens is 1040 g/mol. The van der Waals surface area contributed by atoms with Crippen molar-refractivity contribution in [2.45, 2.75) is 0 Å². The Kier molecular flexibility index (Phi) is 11.5. The molecule has 0 radical (unpaired) electrons. The van der Waals surface area contributed by atoms with Gasteiger partial charge in [0.2, 0.25) is 11.8 Å². The average Bonchev–Trinajstić information content (AvgIpc) is 2.61. The monoisotopic (exact) mass is 1090 g/mol. The molecule has 11 nitrogen and oxygen atoms in total. The Hall–Kier alpha value is -11.6. The minimum atomic E-state index is 0.505. The normalized spacial score (nSPS) is 13.7. The van der Waals surface area contributed by atoms with Crippen molar-refractivity contribution in [3.05, 3.63) is 273 Å². The van der Waals surface area contributed by atoms with Crippen molar-refractivity contribution >= 4 is 66.5 Å². The van der Waals surface area contributed by atoms with Crippen LogP contribution >= 0.6 is 0 Å². The van der Waals surface area contributed by atoms with Gasteiger partial charge in [-0.1, -0.05) is 61.2 Å². The SMILES string of the molecule is C=C1/C=C(c2ccc3oc4ccc(-c5ccc6c(c5)c5cc(-c7ccc(-c8ccccn8)o7)ccc5n6-c5ccc(-c6ccccn6)o5)cc4c3c2)\C=C/CN(c2ccc(-c3ccccn3)o2)c2ccc(-c3ccc(-c4ccccn4)o3)cc21. The lowest BCUT2D eigenvalue weighted by Gasteiger charge is -2.24. The molecule has 0 amide bonds. The number of fused-ring (bicyclic) bond motifs is 7. The van der Waals surface area contributed by atoms with Crippen LogP contribution in [0.3, 0.4) is 0 Å². The molecule has 11 heterocycles. The van der Waals surface area contributed by atoms with E-state index in [1.54, 1.807) is 24.8 Å². The minimum Gasteiger partial charge on any atom is -0.456 e. The third-order valence-corrected chi connectivity index (χ3v) is 15.6. The smallest absolute Gasteiger partial charge is 0.205 e. The Morgan fingerprint density at radius 1 is 0.369 bits per heavy atom. The predicted molar refractivity (Wildman–Crippen MR) is 332 cm³/mol. The molecule has 0 atom stereocenters. The van der Waals surface area contributed by atoms with E-state index in [9.17, 15) is 0 Å². The number of nitrogens with zero attached hydrogens (tertiary/aromatic N) is 6. The van der Waals surface area contributed by atoms with Crippen LogP contribution in [0, 0.1) is 0 Å². The van der Waals surface area contributed by atoms with Crippen LogP contribution in [0.15, 0.2) is 284 Å². The Bertz CT molecular complexity index is 5080. The number of aromatic nitrogens is 5. The van der Waals surface area contributed by atoms with Crippen LogP contribution < -0.4 is 4.90 Å². The molecule has 0 spiro atoms. The molecule has 5 aromatic carbocycles. The molecule has 11 heteroatoms. The highest BCUT2D eigenvalue weighted by atomic mass is 16.4. The van der Waals surface area contributed by atoms with Crippen LogP contribution in [0.2, 0.25) is 0 Å². The zero-order chi connectivity index (χ0) is 55.7. The van der Waals surface area contributed by atoms with Gasteiger partial charge in [-0.3, -0.25) is 24.5 Å². The molecule has 398 valence electrons. The van der Waals surface area contributed by atoms with Crippen LogP contribution in [0.25, 0.3) is 140 Å². The third-order valence-electron chi connectivity index (χ3n) is 15.6. The Morgan fingerprint density at radius 3 is 1.40 bits per heavy atom. The van der Waals surface area contributed by atoms with Crippen molar-refractivity contribution < 1.29 is 22.1 Å². The maximum absolute atomic E-state index is 6.60. The van der Waals surface area contributed by atoms with Gasteiger partial charge < -0.3 is 27.0 Å². The van der Waals surface area contributed by atoms with Crippen molar-refractivity contribution in [3.63, 3.8) is 0 Å². The molecule has 1 aliphatic rings. The van der Waals surface area contributed by atoms with Gasteiger partial charge >= 0.3 is 0 Å². The van der Waals surface area contributed by atoms with Gasteiger partial charge in [-0.25, -0.2) is 0 Å². The summed E-state index contributed by atoms with van der Waals surface area (Å²) in [6.07, 6.45) is 13.6.